The van der Waals surface area contributed by atoms with E-state index in [1.165, 1.54) is 5.69 Å². The van der Waals surface area contributed by atoms with E-state index in [9.17, 15) is 0 Å². The SMILES string of the molecule is CN(C)Cc1cnc2ccccn12.Cl. The van der Waals surface area contributed by atoms with Crippen molar-refractivity contribution in [3.8, 4) is 0 Å². The van der Waals surface area contributed by atoms with Crippen molar-refractivity contribution in [2.24, 2.45) is 0 Å². The zero-order valence-corrected chi connectivity index (χ0v) is 9.16. The van der Waals surface area contributed by atoms with Crippen LogP contribution < -0.4 is 0 Å². The molecule has 0 fully saturated rings. The third-order valence-electron chi connectivity index (χ3n) is 1.97. The number of halogens is 1. The Bertz CT molecular complexity index is 408. The van der Waals surface area contributed by atoms with Crippen LogP contribution in [0.5, 0.6) is 0 Å². The second-order valence-corrected chi connectivity index (χ2v) is 3.42. The molecule has 76 valence electrons. The average molecular weight is 212 g/mol. The normalized spacial score (nSPS) is 10.5. The lowest BCUT2D eigenvalue weighted by Crippen LogP contribution is -2.12. The van der Waals surface area contributed by atoms with Crippen LogP contribution in [0.3, 0.4) is 0 Å². The number of pyridine rings is 1. The highest BCUT2D eigenvalue weighted by molar-refractivity contribution is 5.85. The van der Waals surface area contributed by atoms with E-state index >= 15 is 0 Å². The van der Waals surface area contributed by atoms with Crippen molar-refractivity contribution in [2.45, 2.75) is 6.54 Å². The fourth-order valence-electron chi connectivity index (χ4n) is 1.43. The molecule has 14 heavy (non-hydrogen) atoms. The van der Waals surface area contributed by atoms with Gasteiger partial charge in [-0.05, 0) is 26.2 Å². The Morgan fingerprint density at radius 2 is 2.14 bits per heavy atom. The predicted molar refractivity (Wildman–Crippen MR) is 59.8 cm³/mol. The number of hydrogen-bond acceptors (Lipinski definition) is 2. The van der Waals surface area contributed by atoms with Gasteiger partial charge in [-0.2, -0.15) is 0 Å². The number of rotatable bonds is 2. The van der Waals surface area contributed by atoms with Gasteiger partial charge >= 0.3 is 0 Å². The Hall–Kier alpha value is -1.06. The molecule has 0 amide bonds. The highest BCUT2D eigenvalue weighted by Crippen LogP contribution is 2.06. The lowest BCUT2D eigenvalue weighted by Gasteiger charge is -2.08. The van der Waals surface area contributed by atoms with Gasteiger partial charge in [0.05, 0.1) is 11.9 Å². The van der Waals surface area contributed by atoms with E-state index in [1.54, 1.807) is 0 Å². The number of hydrogen-bond donors (Lipinski definition) is 0. The molecule has 0 aromatic carbocycles. The standard InChI is InChI=1S/C10H13N3.ClH/c1-12(2)8-9-7-11-10-5-3-4-6-13(9)10;/h3-7H,8H2,1-2H3;1H. The highest BCUT2D eigenvalue weighted by Gasteiger charge is 2.01. The lowest BCUT2D eigenvalue weighted by atomic mass is 10.4. The summed E-state index contributed by atoms with van der Waals surface area (Å²) < 4.78 is 2.11. The number of aromatic nitrogens is 2. The van der Waals surface area contributed by atoms with Gasteiger partial charge in [0.15, 0.2) is 0 Å². The van der Waals surface area contributed by atoms with Gasteiger partial charge in [-0.3, -0.25) is 0 Å². The zero-order chi connectivity index (χ0) is 9.26. The first-order valence-corrected chi connectivity index (χ1v) is 4.33. The van der Waals surface area contributed by atoms with Crippen molar-refractivity contribution in [1.82, 2.24) is 14.3 Å². The van der Waals surface area contributed by atoms with Crippen molar-refractivity contribution in [3.63, 3.8) is 0 Å². The first-order valence-electron chi connectivity index (χ1n) is 4.33. The Morgan fingerprint density at radius 1 is 1.36 bits per heavy atom. The zero-order valence-electron chi connectivity index (χ0n) is 8.34. The van der Waals surface area contributed by atoms with E-state index in [1.807, 2.05) is 30.6 Å². The van der Waals surface area contributed by atoms with Crippen molar-refractivity contribution in [3.05, 3.63) is 36.3 Å². The van der Waals surface area contributed by atoms with E-state index in [4.69, 9.17) is 0 Å². The van der Waals surface area contributed by atoms with E-state index in [-0.39, 0.29) is 12.4 Å². The maximum atomic E-state index is 4.31. The molecular weight excluding hydrogens is 198 g/mol. The number of fused-ring (bicyclic) bond motifs is 1. The number of nitrogens with zero attached hydrogens (tertiary/aromatic N) is 3. The third kappa shape index (κ3) is 2.05. The summed E-state index contributed by atoms with van der Waals surface area (Å²) in [7, 11) is 4.12. The van der Waals surface area contributed by atoms with Crippen LogP contribution >= 0.6 is 12.4 Å². The smallest absolute Gasteiger partial charge is 0.136 e. The fourth-order valence-corrected chi connectivity index (χ4v) is 1.43. The summed E-state index contributed by atoms with van der Waals surface area (Å²) in [6.07, 6.45) is 3.97. The minimum absolute atomic E-state index is 0. The summed E-state index contributed by atoms with van der Waals surface area (Å²) in [6.45, 7) is 0.922. The van der Waals surface area contributed by atoms with Crippen LogP contribution in [0.1, 0.15) is 5.69 Å². The number of imidazole rings is 1. The molecule has 0 saturated carbocycles. The summed E-state index contributed by atoms with van der Waals surface area (Å²) in [5.41, 5.74) is 2.24. The molecular formula is C10H14ClN3. The fraction of sp³-hybridized carbons (Fsp3) is 0.300. The molecule has 0 N–H and O–H groups in total. The maximum absolute atomic E-state index is 4.31. The van der Waals surface area contributed by atoms with E-state index in [2.05, 4.69) is 28.4 Å². The molecule has 4 heteroatoms. The molecule has 0 saturated heterocycles. The summed E-state index contributed by atoms with van der Waals surface area (Å²) in [5.74, 6) is 0. The Balaban J connectivity index is 0.000000980. The van der Waals surface area contributed by atoms with Gasteiger partial charge < -0.3 is 9.30 Å². The van der Waals surface area contributed by atoms with Gasteiger partial charge in [0.2, 0.25) is 0 Å². The van der Waals surface area contributed by atoms with Crippen LogP contribution in [-0.4, -0.2) is 28.4 Å². The largest absolute Gasteiger partial charge is 0.304 e. The molecule has 2 rings (SSSR count). The lowest BCUT2D eigenvalue weighted by molar-refractivity contribution is 0.395. The summed E-state index contributed by atoms with van der Waals surface area (Å²) in [4.78, 5) is 6.44. The van der Waals surface area contributed by atoms with E-state index in [0.29, 0.717) is 0 Å². The topological polar surface area (TPSA) is 20.5 Å². The quantitative estimate of drug-likeness (QED) is 0.756. The third-order valence-corrected chi connectivity index (χ3v) is 1.97. The molecule has 0 atom stereocenters. The Kier molecular flexibility index (Phi) is 3.49. The van der Waals surface area contributed by atoms with Crippen LogP contribution in [0.15, 0.2) is 30.6 Å². The van der Waals surface area contributed by atoms with Crippen molar-refractivity contribution in [2.75, 3.05) is 14.1 Å². The monoisotopic (exact) mass is 211 g/mol. The van der Waals surface area contributed by atoms with Gasteiger partial charge in [0.25, 0.3) is 0 Å². The molecule has 0 aliphatic heterocycles. The van der Waals surface area contributed by atoms with E-state index < -0.39 is 0 Å². The first-order chi connectivity index (χ1) is 6.27. The van der Waals surface area contributed by atoms with Gasteiger partial charge in [-0.25, -0.2) is 4.98 Å². The molecule has 0 radical (unpaired) electrons. The second-order valence-electron chi connectivity index (χ2n) is 3.42. The summed E-state index contributed by atoms with van der Waals surface area (Å²) in [6, 6.07) is 6.04. The molecule has 3 nitrogen and oxygen atoms in total. The highest BCUT2D eigenvalue weighted by atomic mass is 35.5. The van der Waals surface area contributed by atoms with Gasteiger partial charge in [0.1, 0.15) is 5.65 Å². The van der Waals surface area contributed by atoms with Crippen molar-refractivity contribution < 1.29 is 0 Å². The Morgan fingerprint density at radius 3 is 2.86 bits per heavy atom. The van der Waals surface area contributed by atoms with Crippen LogP contribution in [0.4, 0.5) is 0 Å². The molecule has 0 spiro atoms. The minimum Gasteiger partial charge on any atom is -0.304 e. The van der Waals surface area contributed by atoms with Crippen LogP contribution in [0.25, 0.3) is 5.65 Å². The van der Waals surface area contributed by atoms with Gasteiger partial charge in [-0.1, -0.05) is 6.07 Å². The van der Waals surface area contributed by atoms with Crippen LogP contribution in [0, 0.1) is 0 Å². The molecule has 0 aliphatic carbocycles. The van der Waals surface area contributed by atoms with Crippen LogP contribution in [0.2, 0.25) is 0 Å². The van der Waals surface area contributed by atoms with Gasteiger partial charge in [-0.15, -0.1) is 12.4 Å². The Labute approximate surface area is 89.8 Å². The molecule has 0 bridgehead atoms. The summed E-state index contributed by atoms with van der Waals surface area (Å²) in [5, 5.41) is 0. The molecule has 2 aromatic heterocycles. The van der Waals surface area contributed by atoms with Crippen molar-refractivity contribution in [1.29, 1.82) is 0 Å². The van der Waals surface area contributed by atoms with Crippen LogP contribution in [-0.2, 0) is 6.54 Å². The molecule has 2 heterocycles. The first kappa shape index (κ1) is 11.0. The minimum atomic E-state index is 0. The predicted octanol–water partition coefficient (Wildman–Crippen LogP) is 1.82. The summed E-state index contributed by atoms with van der Waals surface area (Å²) >= 11 is 0. The van der Waals surface area contributed by atoms with E-state index in [0.717, 1.165) is 12.2 Å². The van der Waals surface area contributed by atoms with Crippen molar-refractivity contribution >= 4 is 18.1 Å². The molecule has 2 aromatic rings. The maximum Gasteiger partial charge on any atom is 0.136 e. The van der Waals surface area contributed by atoms with Gasteiger partial charge in [0, 0.05) is 12.7 Å². The average Bonchev–Trinajstić information content (AvgIpc) is 2.48. The molecule has 0 aliphatic rings. The molecule has 0 unspecified atom stereocenters. The second kappa shape index (κ2) is 4.44.